The Hall–Kier alpha value is -0.900. The van der Waals surface area contributed by atoms with Gasteiger partial charge in [-0.2, -0.15) is 0 Å². The summed E-state index contributed by atoms with van der Waals surface area (Å²) >= 11 is 1.60. The highest BCUT2D eigenvalue weighted by Crippen LogP contribution is 2.11. The second-order valence-corrected chi connectivity index (χ2v) is 3.57. The van der Waals surface area contributed by atoms with E-state index in [0.29, 0.717) is 6.42 Å². The average Bonchev–Trinajstić information content (AvgIpc) is 2.35. The number of nitrogens with zero attached hydrogens (tertiary/aromatic N) is 1. The van der Waals surface area contributed by atoms with Crippen molar-refractivity contribution >= 4 is 17.3 Å². The lowest BCUT2D eigenvalue weighted by molar-refractivity contribution is -0.137. The zero-order valence-corrected chi connectivity index (χ0v) is 7.73. The third-order valence-electron chi connectivity index (χ3n) is 1.45. The van der Waals surface area contributed by atoms with E-state index in [-0.39, 0.29) is 6.42 Å². The number of aromatic nitrogens is 1. The van der Waals surface area contributed by atoms with Crippen LogP contribution >= 0.6 is 11.3 Å². The van der Waals surface area contributed by atoms with Crippen LogP contribution in [0, 0.1) is 6.92 Å². The fourth-order valence-electron chi connectivity index (χ4n) is 0.908. The molecule has 0 amide bonds. The van der Waals surface area contributed by atoms with Crippen LogP contribution in [0.15, 0.2) is 5.38 Å². The van der Waals surface area contributed by atoms with Crippen molar-refractivity contribution < 1.29 is 9.90 Å². The smallest absolute Gasteiger partial charge is 0.303 e. The fourth-order valence-corrected chi connectivity index (χ4v) is 1.73. The maximum Gasteiger partial charge on any atom is 0.303 e. The summed E-state index contributed by atoms with van der Waals surface area (Å²) in [6.07, 6.45) is 1.70. The van der Waals surface area contributed by atoms with E-state index >= 15 is 0 Å². The molecule has 1 rings (SSSR count). The van der Waals surface area contributed by atoms with Crippen molar-refractivity contribution in [2.24, 2.45) is 0 Å². The maximum atomic E-state index is 10.2. The van der Waals surface area contributed by atoms with Crippen molar-refractivity contribution in [1.82, 2.24) is 4.98 Å². The lowest BCUT2D eigenvalue weighted by Crippen LogP contribution is -1.95. The predicted octanol–water partition coefficient (Wildman–Crippen LogP) is 1.86. The number of carbonyl (C=O) groups is 1. The number of carboxylic acids is 1. The number of aliphatic carboxylic acids is 1. The van der Waals surface area contributed by atoms with Crippen LogP contribution < -0.4 is 0 Å². The van der Waals surface area contributed by atoms with Gasteiger partial charge in [-0.05, 0) is 19.8 Å². The standard InChI is InChI=1S/C8H11NO2S/c1-6-5-12-7(9-6)3-2-4-8(10)11/h5H,2-4H2,1H3,(H,10,11). The van der Waals surface area contributed by atoms with Crippen LogP contribution in [0.3, 0.4) is 0 Å². The van der Waals surface area contributed by atoms with Crippen LogP contribution in [0.25, 0.3) is 0 Å². The Kier molecular flexibility index (Phi) is 3.22. The lowest BCUT2D eigenvalue weighted by atomic mass is 10.2. The van der Waals surface area contributed by atoms with E-state index in [1.165, 1.54) is 0 Å². The molecule has 3 nitrogen and oxygen atoms in total. The van der Waals surface area contributed by atoms with E-state index in [2.05, 4.69) is 4.98 Å². The van der Waals surface area contributed by atoms with Gasteiger partial charge in [-0.15, -0.1) is 11.3 Å². The second-order valence-electron chi connectivity index (χ2n) is 2.63. The number of carboxylic acid groups (broad SMARTS) is 1. The van der Waals surface area contributed by atoms with Crippen LogP contribution in [0.5, 0.6) is 0 Å². The molecule has 0 radical (unpaired) electrons. The average molecular weight is 185 g/mol. The number of hydrogen-bond acceptors (Lipinski definition) is 3. The molecule has 0 fully saturated rings. The summed E-state index contributed by atoms with van der Waals surface area (Å²) in [7, 11) is 0. The Bertz CT molecular complexity index is 270. The molecule has 12 heavy (non-hydrogen) atoms. The highest BCUT2D eigenvalue weighted by molar-refractivity contribution is 7.09. The zero-order chi connectivity index (χ0) is 8.97. The number of thiazole rings is 1. The Labute approximate surface area is 75.1 Å². The Morgan fingerprint density at radius 1 is 1.75 bits per heavy atom. The predicted molar refractivity (Wildman–Crippen MR) is 47.4 cm³/mol. The summed E-state index contributed by atoms with van der Waals surface area (Å²) in [6, 6.07) is 0. The summed E-state index contributed by atoms with van der Waals surface area (Å²) in [4.78, 5) is 14.4. The highest BCUT2D eigenvalue weighted by atomic mass is 32.1. The van der Waals surface area contributed by atoms with Gasteiger partial charge in [-0.3, -0.25) is 4.79 Å². The highest BCUT2D eigenvalue weighted by Gasteiger charge is 2.00. The molecule has 1 N–H and O–H groups in total. The molecule has 0 unspecified atom stereocenters. The molecule has 66 valence electrons. The Balaban J connectivity index is 2.29. The molecule has 1 aromatic heterocycles. The third-order valence-corrected chi connectivity index (χ3v) is 2.47. The molecule has 0 saturated carbocycles. The van der Waals surface area contributed by atoms with E-state index in [1.807, 2.05) is 12.3 Å². The zero-order valence-electron chi connectivity index (χ0n) is 6.91. The lowest BCUT2D eigenvalue weighted by Gasteiger charge is -1.92. The molecule has 0 aliphatic heterocycles. The summed E-state index contributed by atoms with van der Waals surface area (Å²) in [5, 5.41) is 11.4. The van der Waals surface area contributed by atoms with Gasteiger partial charge in [0, 0.05) is 17.5 Å². The maximum absolute atomic E-state index is 10.2. The minimum Gasteiger partial charge on any atom is -0.481 e. The van der Waals surface area contributed by atoms with Crippen LogP contribution in [-0.2, 0) is 11.2 Å². The van der Waals surface area contributed by atoms with Gasteiger partial charge in [0.1, 0.15) is 0 Å². The molecule has 0 aliphatic rings. The van der Waals surface area contributed by atoms with Crippen LogP contribution in [0.1, 0.15) is 23.5 Å². The second kappa shape index (κ2) is 4.21. The van der Waals surface area contributed by atoms with Gasteiger partial charge in [0.05, 0.1) is 5.01 Å². The Morgan fingerprint density at radius 3 is 3.00 bits per heavy atom. The van der Waals surface area contributed by atoms with Crippen molar-refractivity contribution in [3.05, 3.63) is 16.1 Å². The summed E-state index contributed by atoms with van der Waals surface area (Å²) in [5.41, 5.74) is 1.02. The number of aryl methyl sites for hydroxylation is 2. The SMILES string of the molecule is Cc1csc(CCCC(=O)O)n1. The fraction of sp³-hybridized carbons (Fsp3) is 0.500. The molecule has 0 atom stereocenters. The van der Waals surface area contributed by atoms with E-state index in [4.69, 9.17) is 5.11 Å². The Morgan fingerprint density at radius 2 is 2.50 bits per heavy atom. The quantitative estimate of drug-likeness (QED) is 0.778. The van der Waals surface area contributed by atoms with Crippen molar-refractivity contribution in [3.63, 3.8) is 0 Å². The first-order valence-electron chi connectivity index (χ1n) is 3.81. The molecule has 0 bridgehead atoms. The van der Waals surface area contributed by atoms with Gasteiger partial charge >= 0.3 is 5.97 Å². The molecule has 0 aromatic carbocycles. The summed E-state index contributed by atoms with van der Waals surface area (Å²) in [5.74, 6) is -0.733. The van der Waals surface area contributed by atoms with Gasteiger partial charge in [-0.1, -0.05) is 0 Å². The van der Waals surface area contributed by atoms with Gasteiger partial charge < -0.3 is 5.11 Å². The van der Waals surface area contributed by atoms with Gasteiger partial charge in [0.2, 0.25) is 0 Å². The largest absolute Gasteiger partial charge is 0.481 e. The normalized spacial score (nSPS) is 10.1. The molecule has 0 aliphatic carbocycles. The molecule has 1 aromatic rings. The first-order valence-corrected chi connectivity index (χ1v) is 4.69. The topological polar surface area (TPSA) is 50.2 Å². The molecule has 4 heteroatoms. The third kappa shape index (κ3) is 3.00. The van der Waals surface area contributed by atoms with Gasteiger partial charge in [-0.25, -0.2) is 4.98 Å². The monoisotopic (exact) mass is 185 g/mol. The van der Waals surface area contributed by atoms with Crippen LogP contribution in [0.4, 0.5) is 0 Å². The van der Waals surface area contributed by atoms with E-state index < -0.39 is 5.97 Å². The van der Waals surface area contributed by atoms with Crippen molar-refractivity contribution in [2.45, 2.75) is 26.2 Å². The van der Waals surface area contributed by atoms with E-state index in [1.54, 1.807) is 11.3 Å². The van der Waals surface area contributed by atoms with E-state index in [9.17, 15) is 4.79 Å². The molecule has 0 saturated heterocycles. The minimum absolute atomic E-state index is 0.235. The first-order chi connectivity index (χ1) is 5.68. The van der Waals surface area contributed by atoms with Crippen molar-refractivity contribution in [1.29, 1.82) is 0 Å². The van der Waals surface area contributed by atoms with Crippen molar-refractivity contribution in [3.8, 4) is 0 Å². The van der Waals surface area contributed by atoms with Gasteiger partial charge in [0.15, 0.2) is 0 Å². The first kappa shape index (κ1) is 9.19. The number of hydrogen-bond donors (Lipinski definition) is 1. The summed E-state index contributed by atoms with van der Waals surface area (Å²) < 4.78 is 0. The summed E-state index contributed by atoms with van der Waals surface area (Å²) in [6.45, 7) is 1.94. The van der Waals surface area contributed by atoms with Crippen molar-refractivity contribution in [2.75, 3.05) is 0 Å². The molecule has 0 spiro atoms. The van der Waals surface area contributed by atoms with E-state index in [0.717, 1.165) is 17.1 Å². The molecular weight excluding hydrogens is 174 g/mol. The molecule has 1 heterocycles. The molecular formula is C8H11NO2S. The van der Waals surface area contributed by atoms with Gasteiger partial charge in [0.25, 0.3) is 0 Å². The minimum atomic E-state index is -0.733. The van der Waals surface area contributed by atoms with Crippen LogP contribution in [-0.4, -0.2) is 16.1 Å². The van der Waals surface area contributed by atoms with Crippen LogP contribution in [0.2, 0.25) is 0 Å². The number of rotatable bonds is 4.